The maximum Gasteiger partial charge on any atom is 0.267 e. The maximum absolute atomic E-state index is 12.8. The van der Waals surface area contributed by atoms with Crippen LogP contribution in [-0.4, -0.2) is 21.6 Å². The summed E-state index contributed by atoms with van der Waals surface area (Å²) in [4.78, 5) is 36.7. The summed E-state index contributed by atoms with van der Waals surface area (Å²) in [5, 5.41) is 10.4. The third kappa shape index (κ3) is 5.00. The van der Waals surface area contributed by atoms with E-state index >= 15 is 0 Å². The highest BCUT2D eigenvalue weighted by Gasteiger charge is 2.20. The Balaban J connectivity index is 1.93. The number of hydrogen-bond donors (Lipinski definition) is 2. The molecular weight excluding hydrogens is 416 g/mol. The second-order valence-electron chi connectivity index (χ2n) is 7.31. The first-order chi connectivity index (χ1) is 14.7. The second-order valence-corrected chi connectivity index (χ2v) is 7.72. The molecule has 3 rings (SSSR count). The monoisotopic (exact) mass is 438 g/mol. The van der Waals surface area contributed by atoms with Crippen molar-refractivity contribution in [3.63, 3.8) is 0 Å². The van der Waals surface area contributed by atoms with Crippen LogP contribution in [0, 0.1) is 13.8 Å². The van der Waals surface area contributed by atoms with E-state index in [9.17, 15) is 14.4 Å². The first-order valence-corrected chi connectivity index (χ1v) is 10.1. The van der Waals surface area contributed by atoms with E-state index in [1.54, 1.807) is 31.2 Å². The molecule has 1 heterocycles. The van der Waals surface area contributed by atoms with Gasteiger partial charge in [0.2, 0.25) is 11.8 Å². The van der Waals surface area contributed by atoms with Crippen LogP contribution in [0.1, 0.15) is 31.0 Å². The third-order valence-electron chi connectivity index (χ3n) is 4.89. The minimum absolute atomic E-state index is 0.182. The zero-order chi connectivity index (χ0) is 22.7. The number of anilines is 2. The number of nitrogens with zero attached hydrogens (tertiary/aromatic N) is 2. The van der Waals surface area contributed by atoms with Gasteiger partial charge in [0.1, 0.15) is 6.04 Å². The minimum atomic E-state index is -0.872. The van der Waals surface area contributed by atoms with E-state index in [2.05, 4.69) is 15.7 Å². The molecule has 0 aliphatic carbocycles. The normalized spacial score (nSPS) is 11.6. The molecule has 8 heteroatoms. The second kappa shape index (κ2) is 9.14. The molecule has 3 aromatic rings. The number of aryl methyl sites for hydroxylation is 2. The van der Waals surface area contributed by atoms with Crippen LogP contribution in [0.3, 0.4) is 0 Å². The van der Waals surface area contributed by atoms with E-state index in [-0.39, 0.29) is 5.91 Å². The lowest BCUT2D eigenvalue weighted by molar-refractivity contribution is -0.119. The predicted octanol–water partition coefficient (Wildman–Crippen LogP) is 4.34. The molecule has 0 bridgehead atoms. The Morgan fingerprint density at radius 1 is 1.03 bits per heavy atom. The van der Waals surface area contributed by atoms with E-state index in [0.717, 1.165) is 15.8 Å². The van der Waals surface area contributed by atoms with E-state index in [0.29, 0.717) is 27.7 Å². The number of amides is 2. The molecule has 1 aromatic heterocycles. The van der Waals surface area contributed by atoms with Crippen molar-refractivity contribution in [2.75, 3.05) is 10.6 Å². The Morgan fingerprint density at radius 2 is 1.77 bits per heavy atom. The van der Waals surface area contributed by atoms with E-state index < -0.39 is 17.5 Å². The topological polar surface area (TPSA) is 93.1 Å². The van der Waals surface area contributed by atoms with Gasteiger partial charge in [-0.3, -0.25) is 14.4 Å². The van der Waals surface area contributed by atoms with Crippen molar-refractivity contribution in [2.45, 2.75) is 33.7 Å². The molecule has 0 aliphatic heterocycles. The molecule has 0 unspecified atom stereocenters. The summed E-state index contributed by atoms with van der Waals surface area (Å²) in [5.74, 6) is -0.593. The van der Waals surface area contributed by atoms with Gasteiger partial charge >= 0.3 is 0 Å². The number of aromatic nitrogens is 2. The first kappa shape index (κ1) is 22.2. The number of nitrogens with one attached hydrogen (secondary N) is 2. The summed E-state index contributed by atoms with van der Waals surface area (Å²) in [6.45, 7) is 6.75. The summed E-state index contributed by atoms with van der Waals surface area (Å²) in [7, 11) is 0. The average molecular weight is 439 g/mol. The van der Waals surface area contributed by atoms with Crippen molar-refractivity contribution in [3.8, 4) is 11.3 Å². The Labute approximate surface area is 185 Å². The van der Waals surface area contributed by atoms with Gasteiger partial charge in [0.15, 0.2) is 0 Å². The quantitative estimate of drug-likeness (QED) is 0.619. The van der Waals surface area contributed by atoms with Crippen LogP contribution < -0.4 is 16.2 Å². The summed E-state index contributed by atoms with van der Waals surface area (Å²) in [6.07, 6.45) is 0. The van der Waals surface area contributed by atoms with Gasteiger partial charge in [-0.15, -0.1) is 0 Å². The lowest BCUT2D eigenvalue weighted by Crippen LogP contribution is -2.33. The highest BCUT2D eigenvalue weighted by molar-refractivity contribution is 6.34. The fraction of sp³-hybridized carbons (Fsp3) is 0.217. The molecule has 160 valence electrons. The van der Waals surface area contributed by atoms with E-state index in [1.807, 2.05) is 32.0 Å². The molecule has 0 radical (unpaired) electrons. The van der Waals surface area contributed by atoms with Crippen LogP contribution in [0.2, 0.25) is 5.02 Å². The van der Waals surface area contributed by atoms with Gasteiger partial charge in [-0.2, -0.15) is 5.10 Å². The van der Waals surface area contributed by atoms with Crippen molar-refractivity contribution in [3.05, 3.63) is 75.0 Å². The summed E-state index contributed by atoms with van der Waals surface area (Å²) >= 11 is 6.20. The van der Waals surface area contributed by atoms with Crippen molar-refractivity contribution in [2.24, 2.45) is 0 Å². The van der Waals surface area contributed by atoms with Crippen molar-refractivity contribution < 1.29 is 9.59 Å². The average Bonchev–Trinajstić information content (AvgIpc) is 2.72. The van der Waals surface area contributed by atoms with Gasteiger partial charge in [0.05, 0.1) is 16.4 Å². The third-order valence-corrected chi connectivity index (χ3v) is 5.20. The molecule has 7 nitrogen and oxygen atoms in total. The smallest absolute Gasteiger partial charge is 0.267 e. The highest BCUT2D eigenvalue weighted by atomic mass is 35.5. The lowest BCUT2D eigenvalue weighted by Gasteiger charge is -2.17. The largest absolute Gasteiger partial charge is 0.326 e. The molecule has 2 N–H and O–H groups in total. The predicted molar refractivity (Wildman–Crippen MR) is 123 cm³/mol. The number of rotatable bonds is 5. The molecule has 0 saturated heterocycles. The molecule has 0 fully saturated rings. The summed E-state index contributed by atoms with van der Waals surface area (Å²) in [6, 6.07) is 12.9. The van der Waals surface area contributed by atoms with Crippen LogP contribution in [0.25, 0.3) is 11.3 Å². The van der Waals surface area contributed by atoms with Crippen LogP contribution in [0.5, 0.6) is 0 Å². The van der Waals surface area contributed by atoms with E-state index in [1.165, 1.54) is 13.0 Å². The molecular formula is C23H23ClN4O3. The van der Waals surface area contributed by atoms with Crippen LogP contribution in [-0.2, 0) is 9.59 Å². The van der Waals surface area contributed by atoms with Crippen LogP contribution in [0.15, 0.2) is 53.3 Å². The fourth-order valence-electron chi connectivity index (χ4n) is 3.09. The number of carbonyl (C=O) groups is 2. The van der Waals surface area contributed by atoms with Gasteiger partial charge in [-0.25, -0.2) is 4.68 Å². The standard InChI is InChI=1S/C23H23ClN4O3/c1-13-8-9-17(12-20(13)25-16(4)29)19-10-11-21(30)28(27-19)15(3)23(31)26-22-14(2)6-5-7-18(22)24/h5-12,15H,1-4H3,(H,25,29)(H,26,31)/t15-/m0/s1. The molecule has 0 saturated carbocycles. The number of carbonyl (C=O) groups excluding carboxylic acids is 2. The Kier molecular flexibility index (Phi) is 6.56. The highest BCUT2D eigenvalue weighted by Crippen LogP contribution is 2.27. The molecule has 0 aliphatic rings. The minimum Gasteiger partial charge on any atom is -0.326 e. The van der Waals surface area contributed by atoms with Crippen molar-refractivity contribution in [1.29, 1.82) is 0 Å². The van der Waals surface area contributed by atoms with E-state index in [4.69, 9.17) is 11.6 Å². The molecule has 1 atom stereocenters. The van der Waals surface area contributed by atoms with Gasteiger partial charge in [-0.1, -0.05) is 35.9 Å². The molecule has 0 spiro atoms. The lowest BCUT2D eigenvalue weighted by atomic mass is 10.1. The zero-order valence-corrected chi connectivity index (χ0v) is 18.4. The van der Waals surface area contributed by atoms with Crippen molar-refractivity contribution >= 4 is 34.8 Å². The molecule has 2 aromatic carbocycles. The number of benzene rings is 2. The molecule has 2 amide bonds. The number of hydrogen-bond acceptors (Lipinski definition) is 4. The number of halogens is 1. The number of para-hydroxylation sites is 1. The van der Waals surface area contributed by atoms with Crippen molar-refractivity contribution in [1.82, 2.24) is 9.78 Å². The van der Waals surface area contributed by atoms with Gasteiger partial charge in [0.25, 0.3) is 5.56 Å². The Bertz CT molecular complexity index is 1200. The first-order valence-electron chi connectivity index (χ1n) is 9.72. The van der Waals surface area contributed by atoms with Crippen LogP contribution >= 0.6 is 11.6 Å². The van der Waals surface area contributed by atoms with Crippen LogP contribution in [0.4, 0.5) is 11.4 Å². The van der Waals surface area contributed by atoms with Gasteiger partial charge < -0.3 is 10.6 Å². The maximum atomic E-state index is 12.8. The van der Waals surface area contributed by atoms with Gasteiger partial charge in [-0.05, 0) is 50.1 Å². The summed E-state index contributed by atoms with van der Waals surface area (Å²) in [5.41, 5.74) is 3.67. The fourth-order valence-corrected chi connectivity index (χ4v) is 3.36. The van der Waals surface area contributed by atoms with Gasteiger partial charge in [0, 0.05) is 24.2 Å². The Morgan fingerprint density at radius 3 is 2.45 bits per heavy atom. The summed E-state index contributed by atoms with van der Waals surface area (Å²) < 4.78 is 1.13. The molecule has 31 heavy (non-hydrogen) atoms. The SMILES string of the molecule is CC(=O)Nc1cc(-c2ccc(=O)n([C@@H](C)C(=O)Nc3c(C)cccc3Cl)n2)ccc1C. The Hall–Kier alpha value is -3.45. The zero-order valence-electron chi connectivity index (χ0n) is 17.7.